The van der Waals surface area contributed by atoms with Gasteiger partial charge < -0.3 is 4.98 Å². The SMILES string of the molecule is CC(=O)c1c(C)[nH]c(C(=O)C(C)Sc2nc3ccccc3c3nc(C)nn23)c1C. The lowest BCUT2D eigenvalue weighted by Gasteiger charge is -2.11. The zero-order valence-corrected chi connectivity index (χ0v) is 17.7. The number of fused-ring (bicyclic) bond motifs is 3. The normalized spacial score (nSPS) is 12.6. The average Bonchev–Trinajstić information content (AvgIpc) is 3.20. The molecule has 1 unspecified atom stereocenters. The third-order valence-electron chi connectivity index (χ3n) is 4.94. The maximum Gasteiger partial charge on any atom is 0.192 e. The molecule has 0 amide bonds. The molecule has 3 aromatic heterocycles. The molecule has 1 N–H and O–H groups in total. The molecule has 4 rings (SSSR count). The number of carbonyl (C=O) groups is 2. The number of H-pyrrole nitrogens is 1. The minimum Gasteiger partial charge on any atom is -0.355 e. The van der Waals surface area contributed by atoms with E-state index in [-0.39, 0.29) is 11.6 Å². The summed E-state index contributed by atoms with van der Waals surface area (Å²) < 4.78 is 1.69. The summed E-state index contributed by atoms with van der Waals surface area (Å²) >= 11 is 1.33. The van der Waals surface area contributed by atoms with Gasteiger partial charge in [-0.3, -0.25) is 9.59 Å². The number of para-hydroxylation sites is 1. The van der Waals surface area contributed by atoms with Crippen LogP contribution in [0.25, 0.3) is 16.6 Å². The van der Waals surface area contributed by atoms with Crippen molar-refractivity contribution in [2.45, 2.75) is 45.0 Å². The highest BCUT2D eigenvalue weighted by atomic mass is 32.2. The quantitative estimate of drug-likeness (QED) is 0.304. The summed E-state index contributed by atoms with van der Waals surface area (Å²) in [6, 6.07) is 7.75. The van der Waals surface area contributed by atoms with E-state index in [2.05, 4.69) is 15.1 Å². The van der Waals surface area contributed by atoms with Gasteiger partial charge in [0.2, 0.25) is 0 Å². The summed E-state index contributed by atoms with van der Waals surface area (Å²) in [7, 11) is 0. The topological polar surface area (TPSA) is 93.0 Å². The van der Waals surface area contributed by atoms with E-state index >= 15 is 0 Å². The van der Waals surface area contributed by atoms with E-state index in [4.69, 9.17) is 4.98 Å². The number of rotatable bonds is 5. The van der Waals surface area contributed by atoms with Gasteiger partial charge >= 0.3 is 0 Å². The van der Waals surface area contributed by atoms with E-state index in [1.54, 1.807) is 11.4 Å². The van der Waals surface area contributed by atoms with Crippen molar-refractivity contribution in [3.05, 3.63) is 52.6 Å². The number of hydrogen-bond donors (Lipinski definition) is 1. The molecule has 1 aromatic carbocycles. The number of benzene rings is 1. The Morgan fingerprint density at radius 1 is 1.14 bits per heavy atom. The van der Waals surface area contributed by atoms with Crippen LogP contribution in [0.5, 0.6) is 0 Å². The van der Waals surface area contributed by atoms with Crippen molar-refractivity contribution in [3.63, 3.8) is 0 Å². The molecule has 0 aliphatic rings. The molecule has 8 heteroatoms. The van der Waals surface area contributed by atoms with Crippen molar-refractivity contribution >= 4 is 39.9 Å². The molecule has 0 radical (unpaired) electrons. The maximum atomic E-state index is 13.1. The monoisotopic (exact) mass is 407 g/mol. The van der Waals surface area contributed by atoms with Gasteiger partial charge in [-0.2, -0.15) is 4.52 Å². The first-order valence-electron chi connectivity index (χ1n) is 9.31. The summed E-state index contributed by atoms with van der Waals surface area (Å²) in [5.41, 5.74) is 4.00. The highest BCUT2D eigenvalue weighted by Gasteiger charge is 2.26. The van der Waals surface area contributed by atoms with Crippen LogP contribution in [0.15, 0.2) is 29.4 Å². The Kier molecular flexibility index (Phi) is 4.74. The molecule has 4 aromatic rings. The third kappa shape index (κ3) is 3.23. The standard InChI is InChI=1S/C21H21N5O2S/c1-10-17(12(3)27)11(2)22-18(10)19(28)13(4)29-21-24-16-9-7-6-8-15(16)20-23-14(5)25-26(20)21/h6-9,13,22H,1-5H3. The molecule has 0 saturated heterocycles. The average molecular weight is 407 g/mol. The van der Waals surface area contributed by atoms with Crippen molar-refractivity contribution in [1.82, 2.24) is 24.6 Å². The summed E-state index contributed by atoms with van der Waals surface area (Å²) in [6.07, 6.45) is 0. The predicted molar refractivity (Wildman–Crippen MR) is 113 cm³/mol. The Hall–Kier alpha value is -3.00. The summed E-state index contributed by atoms with van der Waals surface area (Å²) in [5, 5.41) is 5.56. The molecule has 3 heterocycles. The van der Waals surface area contributed by atoms with E-state index < -0.39 is 5.25 Å². The van der Waals surface area contributed by atoms with Crippen molar-refractivity contribution in [1.29, 1.82) is 0 Å². The predicted octanol–water partition coefficient (Wildman–Crippen LogP) is 4.10. The second-order valence-electron chi connectivity index (χ2n) is 7.11. The largest absolute Gasteiger partial charge is 0.355 e. The van der Waals surface area contributed by atoms with Crippen molar-refractivity contribution in [2.24, 2.45) is 0 Å². The Bertz CT molecular complexity index is 1290. The van der Waals surface area contributed by atoms with E-state index in [1.807, 2.05) is 45.0 Å². The molecule has 0 aliphatic heterocycles. The van der Waals surface area contributed by atoms with Crippen LogP contribution in [-0.2, 0) is 0 Å². The van der Waals surface area contributed by atoms with E-state index in [0.717, 1.165) is 16.6 Å². The highest BCUT2D eigenvalue weighted by Crippen LogP contribution is 2.29. The minimum absolute atomic E-state index is 0.0494. The first-order chi connectivity index (χ1) is 13.8. The molecular formula is C21H21N5O2S. The van der Waals surface area contributed by atoms with Gasteiger partial charge in [-0.05, 0) is 52.3 Å². The van der Waals surface area contributed by atoms with Crippen LogP contribution >= 0.6 is 11.8 Å². The Morgan fingerprint density at radius 3 is 2.55 bits per heavy atom. The number of thioether (sulfide) groups is 1. The van der Waals surface area contributed by atoms with E-state index in [0.29, 0.717) is 33.5 Å². The maximum absolute atomic E-state index is 13.1. The zero-order chi connectivity index (χ0) is 20.9. The van der Waals surface area contributed by atoms with E-state index in [1.165, 1.54) is 18.7 Å². The number of nitrogens with one attached hydrogen (secondary N) is 1. The van der Waals surface area contributed by atoms with Crippen LogP contribution in [0, 0.1) is 20.8 Å². The molecule has 0 saturated carbocycles. The van der Waals surface area contributed by atoms with Crippen LogP contribution in [0.1, 0.15) is 51.8 Å². The van der Waals surface area contributed by atoms with Crippen LogP contribution in [-0.4, -0.2) is 41.4 Å². The molecule has 7 nitrogen and oxygen atoms in total. The number of carbonyl (C=O) groups excluding carboxylic acids is 2. The molecular weight excluding hydrogens is 386 g/mol. The molecule has 1 atom stereocenters. The first kappa shape index (κ1) is 19.3. The number of hydrogen-bond acceptors (Lipinski definition) is 6. The highest BCUT2D eigenvalue weighted by molar-refractivity contribution is 8.00. The molecule has 0 bridgehead atoms. The molecule has 0 aliphatic carbocycles. The third-order valence-corrected chi connectivity index (χ3v) is 5.99. The smallest absolute Gasteiger partial charge is 0.192 e. The fourth-order valence-electron chi connectivity index (χ4n) is 3.65. The Morgan fingerprint density at radius 2 is 1.86 bits per heavy atom. The van der Waals surface area contributed by atoms with Gasteiger partial charge in [-0.1, -0.05) is 23.9 Å². The zero-order valence-electron chi connectivity index (χ0n) is 16.9. The van der Waals surface area contributed by atoms with Gasteiger partial charge in [0, 0.05) is 16.6 Å². The van der Waals surface area contributed by atoms with Gasteiger partial charge in [0.1, 0.15) is 5.82 Å². The lowest BCUT2D eigenvalue weighted by Crippen LogP contribution is -2.16. The van der Waals surface area contributed by atoms with Crippen LogP contribution in [0.2, 0.25) is 0 Å². The number of aromatic nitrogens is 5. The van der Waals surface area contributed by atoms with Crippen molar-refractivity contribution in [3.8, 4) is 0 Å². The van der Waals surface area contributed by atoms with E-state index in [9.17, 15) is 9.59 Å². The van der Waals surface area contributed by atoms with Gasteiger partial charge in [-0.15, -0.1) is 5.10 Å². The van der Waals surface area contributed by atoms with Gasteiger partial charge in [0.15, 0.2) is 22.4 Å². The van der Waals surface area contributed by atoms with Gasteiger partial charge in [0.05, 0.1) is 16.5 Å². The number of ketones is 2. The Labute approximate surface area is 171 Å². The van der Waals surface area contributed by atoms with Gasteiger partial charge in [-0.25, -0.2) is 9.97 Å². The molecule has 29 heavy (non-hydrogen) atoms. The summed E-state index contributed by atoms with van der Waals surface area (Å²) in [6.45, 7) is 8.79. The van der Waals surface area contributed by atoms with Gasteiger partial charge in [0.25, 0.3) is 0 Å². The van der Waals surface area contributed by atoms with Crippen LogP contribution < -0.4 is 0 Å². The molecule has 148 valence electrons. The van der Waals surface area contributed by atoms with Crippen molar-refractivity contribution in [2.75, 3.05) is 0 Å². The fraction of sp³-hybridized carbons (Fsp3) is 0.286. The lowest BCUT2D eigenvalue weighted by molar-refractivity contribution is 0.0988. The number of aryl methyl sites for hydroxylation is 2. The van der Waals surface area contributed by atoms with Crippen LogP contribution in [0.3, 0.4) is 0 Å². The lowest BCUT2D eigenvalue weighted by atomic mass is 10.0. The summed E-state index contributed by atoms with van der Waals surface area (Å²) in [4.78, 5) is 37.4. The van der Waals surface area contributed by atoms with Crippen LogP contribution in [0.4, 0.5) is 0 Å². The first-order valence-corrected chi connectivity index (χ1v) is 10.2. The molecule has 0 fully saturated rings. The number of Topliss-reactive ketones (excluding diaryl/α,β-unsaturated/α-hetero) is 2. The Balaban J connectivity index is 1.74. The number of aromatic amines is 1. The van der Waals surface area contributed by atoms with Crippen molar-refractivity contribution < 1.29 is 9.59 Å². The number of nitrogens with zero attached hydrogens (tertiary/aromatic N) is 4. The second kappa shape index (κ2) is 7.11. The fourth-order valence-corrected chi connectivity index (χ4v) is 4.57. The minimum atomic E-state index is -0.423. The second-order valence-corrected chi connectivity index (χ2v) is 8.42. The molecule has 0 spiro atoms. The summed E-state index contributed by atoms with van der Waals surface area (Å²) in [5.74, 6) is 0.514.